The Labute approximate surface area is 97.6 Å². The molecule has 1 aliphatic rings. The molecule has 0 heterocycles. The molecule has 1 heteroatoms. The number of rotatable bonds is 2. The van der Waals surface area contributed by atoms with E-state index in [9.17, 15) is 0 Å². The molecule has 1 aromatic carbocycles. The zero-order valence-corrected chi connectivity index (χ0v) is 10.3. The van der Waals surface area contributed by atoms with Crippen molar-refractivity contribution in [1.29, 1.82) is 0 Å². The molecule has 1 saturated carbocycles. The van der Waals surface area contributed by atoms with Crippen LogP contribution in [0, 0.1) is 19.8 Å². The van der Waals surface area contributed by atoms with Crippen LogP contribution in [0.25, 0.3) is 0 Å². The molecule has 1 fully saturated rings. The van der Waals surface area contributed by atoms with Gasteiger partial charge in [0.2, 0.25) is 0 Å². The Morgan fingerprint density at radius 3 is 2.60 bits per heavy atom. The fraction of sp³-hybridized carbons (Fsp3) is 0.571. The van der Waals surface area contributed by atoms with E-state index in [0.29, 0.717) is 5.38 Å². The minimum Gasteiger partial charge on any atom is -0.123 e. The van der Waals surface area contributed by atoms with E-state index in [4.69, 9.17) is 11.6 Å². The Morgan fingerprint density at radius 2 is 2.00 bits per heavy atom. The van der Waals surface area contributed by atoms with Gasteiger partial charge in [-0.2, -0.15) is 0 Å². The lowest BCUT2D eigenvalue weighted by molar-refractivity contribution is 0.547. The van der Waals surface area contributed by atoms with E-state index in [1.807, 2.05) is 0 Å². The summed E-state index contributed by atoms with van der Waals surface area (Å²) in [6.07, 6.45) is 4.93. The summed E-state index contributed by atoms with van der Waals surface area (Å²) in [7, 11) is 0. The summed E-state index contributed by atoms with van der Waals surface area (Å²) in [6.45, 7) is 4.36. The number of hydrogen-bond acceptors (Lipinski definition) is 0. The predicted molar refractivity (Wildman–Crippen MR) is 66.6 cm³/mol. The standard InChI is InChI=1S/C14H19Cl/c1-10-3-4-12(7-11(10)2)8-13-5-6-14(15)9-13/h3-4,7,13-14H,5-6,8-9H2,1-2H3. The maximum Gasteiger partial charge on any atom is 0.0338 e. The van der Waals surface area contributed by atoms with Gasteiger partial charge in [0.15, 0.2) is 0 Å². The Bertz CT molecular complexity index is 343. The van der Waals surface area contributed by atoms with Crippen LogP contribution < -0.4 is 0 Å². The lowest BCUT2D eigenvalue weighted by atomic mass is 9.96. The van der Waals surface area contributed by atoms with Crippen molar-refractivity contribution in [3.8, 4) is 0 Å². The van der Waals surface area contributed by atoms with E-state index < -0.39 is 0 Å². The van der Waals surface area contributed by atoms with Crippen molar-refractivity contribution < 1.29 is 0 Å². The Balaban J connectivity index is 2.02. The maximum atomic E-state index is 6.13. The van der Waals surface area contributed by atoms with E-state index in [-0.39, 0.29) is 0 Å². The zero-order valence-electron chi connectivity index (χ0n) is 9.59. The van der Waals surface area contributed by atoms with E-state index in [1.54, 1.807) is 0 Å². The first kappa shape index (κ1) is 11.0. The maximum absolute atomic E-state index is 6.13. The highest BCUT2D eigenvalue weighted by atomic mass is 35.5. The van der Waals surface area contributed by atoms with Gasteiger partial charge < -0.3 is 0 Å². The molecule has 1 aliphatic carbocycles. The highest BCUT2D eigenvalue weighted by Gasteiger charge is 2.22. The quantitative estimate of drug-likeness (QED) is 0.657. The summed E-state index contributed by atoms with van der Waals surface area (Å²) < 4.78 is 0. The lowest BCUT2D eigenvalue weighted by Crippen LogP contribution is -2.01. The van der Waals surface area contributed by atoms with Crippen molar-refractivity contribution in [2.24, 2.45) is 5.92 Å². The highest BCUT2D eigenvalue weighted by molar-refractivity contribution is 6.20. The molecular weight excluding hydrogens is 204 g/mol. The molecule has 0 aliphatic heterocycles. The third-order valence-electron chi connectivity index (χ3n) is 3.57. The molecular formula is C14H19Cl. The number of benzene rings is 1. The fourth-order valence-electron chi connectivity index (χ4n) is 2.46. The summed E-state index contributed by atoms with van der Waals surface area (Å²) in [4.78, 5) is 0. The van der Waals surface area contributed by atoms with Gasteiger partial charge >= 0.3 is 0 Å². The smallest absolute Gasteiger partial charge is 0.0338 e. The molecule has 0 bridgehead atoms. The van der Waals surface area contributed by atoms with Crippen LogP contribution in [0.1, 0.15) is 36.0 Å². The summed E-state index contributed by atoms with van der Waals surface area (Å²) in [5.74, 6) is 0.814. The number of halogens is 1. The largest absolute Gasteiger partial charge is 0.123 e. The Kier molecular flexibility index (Phi) is 3.35. The molecule has 15 heavy (non-hydrogen) atoms. The second-order valence-corrected chi connectivity index (χ2v) is 5.52. The SMILES string of the molecule is Cc1ccc(CC2CCC(Cl)C2)cc1C. The van der Waals surface area contributed by atoms with Crippen LogP contribution in [0.15, 0.2) is 18.2 Å². The minimum absolute atomic E-state index is 0.432. The zero-order chi connectivity index (χ0) is 10.8. The molecule has 0 nitrogen and oxygen atoms in total. The van der Waals surface area contributed by atoms with Gasteiger partial charge in [0, 0.05) is 5.38 Å². The highest BCUT2D eigenvalue weighted by Crippen LogP contribution is 2.32. The number of aryl methyl sites for hydroxylation is 2. The average molecular weight is 223 g/mol. The van der Waals surface area contributed by atoms with E-state index in [1.165, 1.54) is 42.4 Å². The first-order valence-electron chi connectivity index (χ1n) is 5.85. The monoisotopic (exact) mass is 222 g/mol. The second-order valence-electron chi connectivity index (χ2n) is 4.90. The lowest BCUT2D eigenvalue weighted by Gasteiger charge is -2.10. The molecule has 2 unspecified atom stereocenters. The molecule has 0 saturated heterocycles. The third-order valence-corrected chi connectivity index (χ3v) is 3.97. The molecule has 2 rings (SSSR count). The topological polar surface area (TPSA) is 0 Å². The van der Waals surface area contributed by atoms with Crippen molar-refractivity contribution in [2.75, 3.05) is 0 Å². The first-order chi connectivity index (χ1) is 7.15. The van der Waals surface area contributed by atoms with Crippen molar-refractivity contribution in [2.45, 2.75) is 44.9 Å². The first-order valence-corrected chi connectivity index (χ1v) is 6.29. The van der Waals surface area contributed by atoms with Gasteiger partial charge in [0.1, 0.15) is 0 Å². The summed E-state index contributed by atoms with van der Waals surface area (Å²) in [5.41, 5.74) is 4.28. The molecule has 0 amide bonds. The molecule has 0 N–H and O–H groups in total. The van der Waals surface area contributed by atoms with Gasteiger partial charge in [-0.1, -0.05) is 18.2 Å². The van der Waals surface area contributed by atoms with Gasteiger partial charge in [0.25, 0.3) is 0 Å². The Morgan fingerprint density at radius 1 is 1.20 bits per heavy atom. The average Bonchev–Trinajstić information content (AvgIpc) is 2.58. The molecule has 2 atom stereocenters. The summed E-state index contributed by atoms with van der Waals surface area (Å²) in [6, 6.07) is 6.83. The Hall–Kier alpha value is -0.490. The normalized spacial score (nSPS) is 25.8. The van der Waals surface area contributed by atoms with Crippen LogP contribution in [0.2, 0.25) is 0 Å². The van der Waals surface area contributed by atoms with Gasteiger partial charge in [-0.05, 0) is 62.1 Å². The number of alkyl halides is 1. The van der Waals surface area contributed by atoms with E-state index >= 15 is 0 Å². The fourth-order valence-corrected chi connectivity index (χ4v) is 2.84. The van der Waals surface area contributed by atoms with E-state index in [2.05, 4.69) is 32.0 Å². The van der Waals surface area contributed by atoms with Gasteiger partial charge in [-0.15, -0.1) is 11.6 Å². The third kappa shape index (κ3) is 2.75. The minimum atomic E-state index is 0.432. The van der Waals surface area contributed by atoms with Crippen LogP contribution in [0.4, 0.5) is 0 Å². The van der Waals surface area contributed by atoms with Gasteiger partial charge in [-0.25, -0.2) is 0 Å². The molecule has 0 spiro atoms. The van der Waals surface area contributed by atoms with Crippen LogP contribution in [0.5, 0.6) is 0 Å². The summed E-state index contributed by atoms with van der Waals surface area (Å²) >= 11 is 6.13. The molecule has 1 aromatic rings. The predicted octanol–water partition coefficient (Wildman–Crippen LogP) is 4.25. The number of hydrogen-bond donors (Lipinski definition) is 0. The van der Waals surface area contributed by atoms with Crippen LogP contribution >= 0.6 is 11.6 Å². The summed E-state index contributed by atoms with van der Waals surface area (Å²) in [5, 5.41) is 0.432. The van der Waals surface area contributed by atoms with Gasteiger partial charge in [-0.3, -0.25) is 0 Å². The van der Waals surface area contributed by atoms with Crippen LogP contribution in [-0.4, -0.2) is 5.38 Å². The second kappa shape index (κ2) is 4.57. The van der Waals surface area contributed by atoms with Crippen LogP contribution in [-0.2, 0) is 6.42 Å². The van der Waals surface area contributed by atoms with Crippen LogP contribution in [0.3, 0.4) is 0 Å². The van der Waals surface area contributed by atoms with Crippen molar-refractivity contribution in [3.63, 3.8) is 0 Å². The van der Waals surface area contributed by atoms with Crippen molar-refractivity contribution in [3.05, 3.63) is 34.9 Å². The molecule has 82 valence electrons. The van der Waals surface area contributed by atoms with Crippen molar-refractivity contribution >= 4 is 11.6 Å². The molecule has 0 radical (unpaired) electrons. The van der Waals surface area contributed by atoms with Gasteiger partial charge in [0.05, 0.1) is 0 Å². The van der Waals surface area contributed by atoms with E-state index in [0.717, 1.165) is 5.92 Å². The molecule has 0 aromatic heterocycles. The van der Waals surface area contributed by atoms with Crippen molar-refractivity contribution in [1.82, 2.24) is 0 Å².